The molecule has 2 aromatic heterocycles. The molecule has 0 saturated carbocycles. The van der Waals surface area contributed by atoms with Crippen molar-refractivity contribution in [3.05, 3.63) is 53.2 Å². The summed E-state index contributed by atoms with van der Waals surface area (Å²) >= 11 is 1.59. The van der Waals surface area contributed by atoms with E-state index >= 15 is 0 Å². The van der Waals surface area contributed by atoms with Crippen LogP contribution in [0.15, 0.2) is 36.7 Å². The average molecular weight is 290 g/mol. The second-order valence-corrected chi connectivity index (χ2v) is 5.62. The van der Waals surface area contributed by atoms with Crippen LogP contribution in [0.3, 0.4) is 0 Å². The number of halogens is 1. The number of aryl methyl sites for hydroxylation is 1. The van der Waals surface area contributed by atoms with Crippen molar-refractivity contribution in [3.63, 3.8) is 0 Å². The zero-order valence-corrected chi connectivity index (χ0v) is 11.8. The summed E-state index contributed by atoms with van der Waals surface area (Å²) in [6, 6.07) is 6.57. The van der Waals surface area contributed by atoms with Gasteiger partial charge in [-0.15, -0.1) is 11.3 Å². The molecule has 0 saturated heterocycles. The van der Waals surface area contributed by atoms with Crippen molar-refractivity contribution in [1.82, 2.24) is 15.0 Å². The number of rotatable bonds is 4. The van der Waals surface area contributed by atoms with Crippen molar-refractivity contribution >= 4 is 21.4 Å². The molecule has 0 amide bonds. The Hall–Kier alpha value is -1.76. The zero-order chi connectivity index (χ0) is 14.1. The van der Waals surface area contributed by atoms with Crippen LogP contribution < -0.4 is 11.3 Å². The van der Waals surface area contributed by atoms with Crippen molar-refractivity contribution < 1.29 is 4.39 Å². The van der Waals surface area contributed by atoms with Gasteiger partial charge in [-0.05, 0) is 36.6 Å². The van der Waals surface area contributed by atoms with Crippen LogP contribution in [0, 0.1) is 5.82 Å². The fraction of sp³-hybridized carbons (Fsp3) is 0.214. The second-order valence-electron chi connectivity index (χ2n) is 4.50. The van der Waals surface area contributed by atoms with Gasteiger partial charge < -0.3 is 4.57 Å². The standard InChI is InChI=1S/C14H15FN4S/c1-2-19-6-5-17-14(19)13(18-16)12-8-9-7-10(15)3-4-11(9)20-12/h3-8,13,18H,2,16H2,1H3. The van der Waals surface area contributed by atoms with Crippen LogP contribution in [0.4, 0.5) is 4.39 Å². The third-order valence-electron chi connectivity index (χ3n) is 3.30. The Morgan fingerprint density at radius 3 is 3.05 bits per heavy atom. The van der Waals surface area contributed by atoms with E-state index < -0.39 is 0 Å². The van der Waals surface area contributed by atoms with Gasteiger partial charge in [-0.25, -0.2) is 14.8 Å². The van der Waals surface area contributed by atoms with E-state index in [9.17, 15) is 4.39 Å². The first-order valence-corrected chi connectivity index (χ1v) is 7.20. The van der Waals surface area contributed by atoms with E-state index in [1.807, 2.05) is 16.8 Å². The van der Waals surface area contributed by atoms with E-state index in [0.717, 1.165) is 27.3 Å². The van der Waals surface area contributed by atoms with Gasteiger partial charge in [0.1, 0.15) is 17.7 Å². The van der Waals surface area contributed by atoms with E-state index in [1.54, 1.807) is 23.6 Å². The monoisotopic (exact) mass is 290 g/mol. The quantitative estimate of drug-likeness (QED) is 0.574. The summed E-state index contributed by atoms with van der Waals surface area (Å²) in [4.78, 5) is 5.40. The van der Waals surface area contributed by atoms with Gasteiger partial charge in [0.25, 0.3) is 0 Å². The Morgan fingerprint density at radius 2 is 2.30 bits per heavy atom. The molecule has 104 valence electrons. The third-order valence-corrected chi connectivity index (χ3v) is 4.48. The molecule has 3 N–H and O–H groups in total. The van der Waals surface area contributed by atoms with E-state index in [2.05, 4.69) is 17.3 Å². The van der Waals surface area contributed by atoms with Crippen LogP contribution in [0.2, 0.25) is 0 Å². The van der Waals surface area contributed by atoms with Gasteiger partial charge in [-0.2, -0.15) is 0 Å². The molecule has 1 unspecified atom stereocenters. The highest BCUT2D eigenvalue weighted by Crippen LogP contribution is 2.32. The lowest BCUT2D eigenvalue weighted by Crippen LogP contribution is -2.30. The lowest BCUT2D eigenvalue weighted by molar-refractivity contribution is 0.568. The van der Waals surface area contributed by atoms with Crippen LogP contribution in [0.25, 0.3) is 10.1 Å². The van der Waals surface area contributed by atoms with Gasteiger partial charge in [-0.3, -0.25) is 5.84 Å². The number of nitrogens with one attached hydrogen (secondary N) is 1. The maximum Gasteiger partial charge on any atom is 0.132 e. The van der Waals surface area contributed by atoms with Crippen LogP contribution in [0.5, 0.6) is 0 Å². The van der Waals surface area contributed by atoms with Gasteiger partial charge >= 0.3 is 0 Å². The molecule has 0 radical (unpaired) electrons. The lowest BCUT2D eigenvalue weighted by Gasteiger charge is -2.15. The first-order chi connectivity index (χ1) is 9.72. The maximum absolute atomic E-state index is 13.3. The molecule has 0 aliphatic rings. The highest BCUT2D eigenvalue weighted by atomic mass is 32.1. The average Bonchev–Trinajstić information content (AvgIpc) is 3.05. The van der Waals surface area contributed by atoms with Crippen LogP contribution in [-0.4, -0.2) is 9.55 Å². The number of hydrogen-bond donors (Lipinski definition) is 2. The summed E-state index contributed by atoms with van der Waals surface area (Å²) in [5.41, 5.74) is 2.80. The molecular weight excluding hydrogens is 275 g/mol. The molecule has 0 fully saturated rings. The minimum Gasteiger partial charge on any atom is -0.334 e. The molecule has 6 heteroatoms. The van der Waals surface area contributed by atoms with Gasteiger partial charge in [-0.1, -0.05) is 0 Å². The van der Waals surface area contributed by atoms with Crippen molar-refractivity contribution in [2.75, 3.05) is 0 Å². The van der Waals surface area contributed by atoms with Crippen molar-refractivity contribution in [3.8, 4) is 0 Å². The van der Waals surface area contributed by atoms with Gasteiger partial charge in [0.15, 0.2) is 0 Å². The Bertz CT molecular complexity index is 734. The van der Waals surface area contributed by atoms with Crippen LogP contribution in [0.1, 0.15) is 23.7 Å². The SMILES string of the molecule is CCn1ccnc1C(NN)c1cc2cc(F)ccc2s1. The van der Waals surface area contributed by atoms with Crippen molar-refractivity contribution in [2.24, 2.45) is 5.84 Å². The first kappa shape index (κ1) is 13.2. The molecule has 4 nitrogen and oxygen atoms in total. The van der Waals surface area contributed by atoms with Crippen LogP contribution >= 0.6 is 11.3 Å². The van der Waals surface area contributed by atoms with Gasteiger partial charge in [0, 0.05) is 28.5 Å². The van der Waals surface area contributed by atoms with Crippen LogP contribution in [-0.2, 0) is 6.54 Å². The Labute approximate surface area is 120 Å². The minimum atomic E-state index is -0.228. The number of imidazole rings is 1. The highest BCUT2D eigenvalue weighted by Gasteiger charge is 2.19. The number of benzene rings is 1. The molecule has 20 heavy (non-hydrogen) atoms. The molecule has 1 aromatic carbocycles. The number of thiophene rings is 1. The largest absolute Gasteiger partial charge is 0.334 e. The molecule has 0 aliphatic heterocycles. The molecule has 0 spiro atoms. The number of fused-ring (bicyclic) bond motifs is 1. The highest BCUT2D eigenvalue weighted by molar-refractivity contribution is 7.19. The summed E-state index contributed by atoms with van der Waals surface area (Å²) in [5.74, 6) is 6.34. The van der Waals surface area contributed by atoms with E-state index in [4.69, 9.17) is 5.84 Å². The third kappa shape index (κ3) is 2.22. The summed E-state index contributed by atoms with van der Waals surface area (Å²) in [6.07, 6.45) is 3.68. The number of nitrogens with two attached hydrogens (primary N) is 1. The summed E-state index contributed by atoms with van der Waals surface area (Å²) in [6.45, 7) is 2.88. The number of aromatic nitrogens is 2. The first-order valence-electron chi connectivity index (χ1n) is 6.39. The lowest BCUT2D eigenvalue weighted by atomic mass is 10.2. The fourth-order valence-electron chi connectivity index (χ4n) is 2.31. The summed E-state index contributed by atoms with van der Waals surface area (Å²) in [5, 5.41) is 0.889. The predicted octanol–water partition coefficient (Wildman–Crippen LogP) is 2.81. The Kier molecular flexibility index (Phi) is 3.52. The van der Waals surface area contributed by atoms with E-state index in [1.165, 1.54) is 12.1 Å². The zero-order valence-electron chi connectivity index (χ0n) is 11.0. The molecule has 0 bridgehead atoms. The smallest absolute Gasteiger partial charge is 0.132 e. The molecule has 3 rings (SSSR count). The van der Waals surface area contributed by atoms with E-state index in [-0.39, 0.29) is 11.9 Å². The molecule has 2 heterocycles. The molecular formula is C14H15FN4S. The Balaban J connectivity index is 2.07. The molecule has 3 aromatic rings. The summed E-state index contributed by atoms with van der Waals surface area (Å²) < 4.78 is 16.3. The minimum absolute atomic E-state index is 0.189. The predicted molar refractivity (Wildman–Crippen MR) is 78.9 cm³/mol. The molecule has 0 aliphatic carbocycles. The topological polar surface area (TPSA) is 55.9 Å². The normalized spacial score (nSPS) is 12.9. The number of hydrogen-bond acceptors (Lipinski definition) is 4. The summed E-state index contributed by atoms with van der Waals surface area (Å²) in [7, 11) is 0. The fourth-order valence-corrected chi connectivity index (χ4v) is 3.41. The van der Waals surface area contributed by atoms with Gasteiger partial charge in [0.05, 0.1) is 0 Å². The molecule has 1 atom stereocenters. The Morgan fingerprint density at radius 1 is 1.45 bits per heavy atom. The van der Waals surface area contributed by atoms with E-state index in [0.29, 0.717) is 0 Å². The maximum atomic E-state index is 13.3. The number of nitrogens with zero attached hydrogens (tertiary/aromatic N) is 2. The van der Waals surface area contributed by atoms with Crippen molar-refractivity contribution in [2.45, 2.75) is 19.5 Å². The number of hydrazine groups is 1. The van der Waals surface area contributed by atoms with Gasteiger partial charge in [0.2, 0.25) is 0 Å². The second kappa shape index (κ2) is 5.32. The van der Waals surface area contributed by atoms with Crippen molar-refractivity contribution in [1.29, 1.82) is 0 Å².